The number of carboxylic acids is 1. The van der Waals surface area contributed by atoms with E-state index in [9.17, 15) is 49.4 Å². The number of aromatic nitrogens is 4. The number of H-pyrrole nitrogens is 2. The molecule has 0 fully saturated rings. The van der Waals surface area contributed by atoms with Crippen LogP contribution >= 0.6 is 0 Å². The summed E-state index contributed by atoms with van der Waals surface area (Å²) in [6.07, 6.45) is -7.26. The summed E-state index contributed by atoms with van der Waals surface area (Å²) >= 11 is 0. The molecule has 3 aromatic heterocycles. The number of fused-ring (bicyclic) bond motifs is 8. The lowest BCUT2D eigenvalue weighted by atomic mass is 10.0. The Labute approximate surface area is 350 Å². The predicted octanol–water partition coefficient (Wildman–Crippen LogP) is 14.1. The Morgan fingerprint density at radius 2 is 0.619 bits per heavy atom. The van der Waals surface area contributed by atoms with Crippen LogP contribution in [0.5, 0.6) is 0 Å². The molecule has 0 saturated heterocycles. The average Bonchev–Trinajstić information content (AvgIpc) is 4.09. The number of hydrogen-bond acceptors (Lipinski definition) is 3. The maximum atomic E-state index is 13.7. The summed E-state index contributed by atoms with van der Waals surface area (Å²) < 4.78 is 124. The van der Waals surface area contributed by atoms with Gasteiger partial charge in [-0.25, -0.2) is 14.8 Å². The number of hydrogen-bond donors (Lipinski definition) is 3. The van der Waals surface area contributed by atoms with Crippen molar-refractivity contribution in [2.75, 3.05) is 0 Å². The lowest BCUT2D eigenvalue weighted by Crippen LogP contribution is -2.04. The van der Waals surface area contributed by atoms with E-state index in [0.717, 1.165) is 36.4 Å². The Balaban J connectivity index is 1.42. The third-order valence-corrected chi connectivity index (χ3v) is 10.7. The summed E-state index contributed by atoms with van der Waals surface area (Å²) in [6, 6.07) is 26.2. The van der Waals surface area contributed by atoms with Gasteiger partial charge in [-0.05, 0) is 119 Å². The molecule has 0 atom stereocenters. The van der Waals surface area contributed by atoms with E-state index in [0.29, 0.717) is 83.7 Å². The van der Waals surface area contributed by atoms with Crippen LogP contribution < -0.4 is 0 Å². The van der Waals surface area contributed by atoms with Crippen molar-refractivity contribution in [3.63, 3.8) is 0 Å². The van der Waals surface area contributed by atoms with E-state index in [1.807, 2.05) is 0 Å². The van der Waals surface area contributed by atoms with Crippen LogP contribution in [0.25, 0.3) is 90.9 Å². The van der Waals surface area contributed by atoms with Crippen molar-refractivity contribution in [3.05, 3.63) is 166 Å². The molecule has 0 spiro atoms. The number of nitrogens with one attached hydrogen (secondary N) is 2. The first-order valence-electron chi connectivity index (χ1n) is 19.0. The molecule has 0 unspecified atom stereocenters. The molecule has 63 heavy (non-hydrogen) atoms. The number of aromatic amines is 2. The van der Waals surface area contributed by atoms with E-state index in [2.05, 4.69) is 9.97 Å². The van der Waals surface area contributed by atoms with Gasteiger partial charge >= 0.3 is 24.5 Å². The molecule has 9 rings (SSSR count). The van der Waals surface area contributed by atoms with Gasteiger partial charge in [-0.2, -0.15) is 39.5 Å². The summed E-state index contributed by atoms with van der Waals surface area (Å²) in [5.74, 6) is -1.16. The van der Waals surface area contributed by atoms with Gasteiger partial charge in [0.25, 0.3) is 0 Å². The third-order valence-electron chi connectivity index (χ3n) is 10.7. The molecule has 7 aromatic rings. The van der Waals surface area contributed by atoms with Crippen molar-refractivity contribution >= 4 is 52.3 Å². The van der Waals surface area contributed by atoms with Crippen LogP contribution in [0, 0.1) is 0 Å². The van der Waals surface area contributed by atoms with Crippen LogP contribution in [0.3, 0.4) is 0 Å². The highest BCUT2D eigenvalue weighted by Crippen LogP contribution is 2.41. The summed E-state index contributed by atoms with van der Waals surface area (Å²) in [7, 11) is 0. The molecule has 0 radical (unpaired) electrons. The normalized spacial score (nSPS) is 12.8. The van der Waals surface area contributed by atoms with Gasteiger partial charge in [0.2, 0.25) is 0 Å². The molecule has 2 aliphatic rings. The van der Waals surface area contributed by atoms with Gasteiger partial charge in [-0.1, -0.05) is 48.5 Å². The zero-order valence-corrected chi connectivity index (χ0v) is 32.0. The molecule has 3 N–H and O–H groups in total. The summed E-state index contributed by atoms with van der Waals surface area (Å²) in [5, 5.41) is 9.64. The van der Waals surface area contributed by atoms with E-state index in [1.54, 1.807) is 60.7 Å². The van der Waals surface area contributed by atoms with E-state index in [4.69, 9.17) is 9.97 Å². The van der Waals surface area contributed by atoms with Gasteiger partial charge in [0.1, 0.15) is 0 Å². The highest BCUT2D eigenvalue weighted by Gasteiger charge is 2.32. The van der Waals surface area contributed by atoms with E-state index in [1.165, 1.54) is 48.5 Å². The standard InChI is InChI=1S/C48H27F9N4O2/c49-46(50,51)30-11-5-26(6-12-30)42-35-19-17-33(58-35)41(25-1-3-29(4-2-25)45(62)63)34-18-20-36(59-34)43(27-7-13-31(14-8-27)47(52,53)54)38-22-24-40(61-38)44(39-23-21-37(42)60-39)28-9-15-32(16-10-28)48(55,56)57/h1-24,58,61H,(H,62,63). The van der Waals surface area contributed by atoms with Gasteiger partial charge in [0, 0.05) is 44.3 Å². The number of alkyl halides is 9. The number of halogens is 9. The Bertz CT molecular complexity index is 3120. The molecular weight excluding hydrogens is 836 g/mol. The minimum atomic E-state index is -4.63. The van der Waals surface area contributed by atoms with Crippen LogP contribution in [-0.4, -0.2) is 31.0 Å². The molecule has 0 aliphatic carbocycles. The lowest BCUT2D eigenvalue weighted by Gasteiger charge is -2.10. The van der Waals surface area contributed by atoms with Crippen LogP contribution in [-0.2, 0) is 18.5 Å². The number of aromatic carboxylic acids is 1. The quantitative estimate of drug-likeness (QED) is 0.150. The van der Waals surface area contributed by atoms with Gasteiger partial charge in [-0.3, -0.25) is 0 Å². The Morgan fingerprint density at radius 3 is 0.841 bits per heavy atom. The molecular formula is C48H27F9N4O2. The largest absolute Gasteiger partial charge is 0.478 e. The van der Waals surface area contributed by atoms with Gasteiger partial charge in [-0.15, -0.1) is 0 Å². The predicted molar refractivity (Wildman–Crippen MR) is 223 cm³/mol. The van der Waals surface area contributed by atoms with Crippen molar-refractivity contribution in [2.24, 2.45) is 0 Å². The maximum Gasteiger partial charge on any atom is 0.416 e. The topological polar surface area (TPSA) is 94.7 Å². The highest BCUT2D eigenvalue weighted by molar-refractivity contribution is 6.00. The zero-order valence-electron chi connectivity index (χ0n) is 32.0. The molecule has 8 bridgehead atoms. The molecule has 0 amide bonds. The fourth-order valence-corrected chi connectivity index (χ4v) is 7.68. The smallest absolute Gasteiger partial charge is 0.416 e. The SMILES string of the molecule is O=C(O)c1ccc(-c2c3nc(c(-c4ccc(C(F)(F)F)cc4)c4ccc([nH]4)c(-c4ccc(C(F)(F)F)cc4)c4nc(c(-c5ccc(C(F)(F)F)cc5)c5ccc2[nH]5)C=C4)C=C3)cc1. The Kier molecular flexibility index (Phi) is 9.72. The molecule has 0 saturated carbocycles. The van der Waals surface area contributed by atoms with Crippen molar-refractivity contribution < 1.29 is 49.4 Å². The summed E-state index contributed by atoms with van der Waals surface area (Å²) in [6.45, 7) is 0. The third kappa shape index (κ3) is 7.77. The molecule has 2 aliphatic heterocycles. The van der Waals surface area contributed by atoms with Crippen molar-refractivity contribution in [1.82, 2.24) is 19.9 Å². The molecule has 5 heterocycles. The molecule has 15 heteroatoms. The Morgan fingerprint density at radius 1 is 0.381 bits per heavy atom. The monoisotopic (exact) mass is 862 g/mol. The maximum absolute atomic E-state index is 13.7. The number of carboxylic acid groups (broad SMARTS) is 1. The fourth-order valence-electron chi connectivity index (χ4n) is 7.68. The fraction of sp³-hybridized carbons (Fsp3) is 0.0625. The summed E-state index contributed by atoms with van der Waals surface area (Å²) in [5.41, 5.74) is 3.33. The van der Waals surface area contributed by atoms with Crippen LogP contribution in [0.15, 0.2) is 121 Å². The van der Waals surface area contributed by atoms with E-state index < -0.39 is 41.2 Å². The summed E-state index contributed by atoms with van der Waals surface area (Å²) in [4.78, 5) is 28.4. The number of nitrogens with zero attached hydrogens (tertiary/aromatic N) is 2. The average molecular weight is 863 g/mol. The number of rotatable bonds is 5. The van der Waals surface area contributed by atoms with Gasteiger partial charge in [0.15, 0.2) is 0 Å². The second-order valence-corrected chi connectivity index (χ2v) is 14.6. The van der Waals surface area contributed by atoms with Crippen LogP contribution in [0.4, 0.5) is 39.5 Å². The lowest BCUT2D eigenvalue weighted by molar-refractivity contribution is -0.138. The van der Waals surface area contributed by atoms with Gasteiger partial charge < -0.3 is 15.1 Å². The van der Waals surface area contributed by atoms with Crippen LogP contribution in [0.2, 0.25) is 0 Å². The first kappa shape index (κ1) is 40.7. The van der Waals surface area contributed by atoms with Crippen molar-refractivity contribution in [1.29, 1.82) is 0 Å². The molecule has 314 valence electrons. The first-order valence-corrected chi connectivity index (χ1v) is 19.0. The van der Waals surface area contributed by atoms with Crippen molar-refractivity contribution in [3.8, 4) is 44.5 Å². The Hall–Kier alpha value is -7.68. The van der Waals surface area contributed by atoms with E-state index in [-0.39, 0.29) is 11.3 Å². The van der Waals surface area contributed by atoms with Gasteiger partial charge in [0.05, 0.1) is 45.0 Å². The molecule has 6 nitrogen and oxygen atoms in total. The zero-order chi connectivity index (χ0) is 44.4. The second kappa shape index (κ2) is 15.0. The van der Waals surface area contributed by atoms with Crippen LogP contribution in [0.1, 0.15) is 49.8 Å². The minimum absolute atomic E-state index is 0.0137. The minimum Gasteiger partial charge on any atom is -0.478 e. The molecule has 4 aromatic carbocycles. The number of carbonyl (C=O) groups is 1. The van der Waals surface area contributed by atoms with E-state index >= 15 is 0 Å². The van der Waals surface area contributed by atoms with Crippen molar-refractivity contribution in [2.45, 2.75) is 18.5 Å². The first-order chi connectivity index (χ1) is 29.9. The number of benzene rings is 4. The second-order valence-electron chi connectivity index (χ2n) is 14.6. The highest BCUT2D eigenvalue weighted by atomic mass is 19.4.